The van der Waals surface area contributed by atoms with Crippen molar-refractivity contribution in [3.63, 3.8) is 0 Å². The van der Waals surface area contributed by atoms with E-state index in [9.17, 15) is 0 Å². The molecule has 1 heterocycles. The molecule has 0 aliphatic heterocycles. The molecule has 0 aliphatic carbocycles. The number of aromatic nitrogens is 2. The molecule has 0 fully saturated rings. The minimum absolute atomic E-state index is 0.592. The number of ether oxygens (including phenoxy) is 1. The SMILES string of the molecule is COc1cc(C)nc(NCCN(C)C)n1. The predicted octanol–water partition coefficient (Wildman–Crippen LogP) is 0.767. The first-order chi connectivity index (χ1) is 7.11. The molecule has 5 heteroatoms. The number of nitrogens with one attached hydrogen (secondary N) is 1. The molecule has 0 radical (unpaired) electrons. The largest absolute Gasteiger partial charge is 0.481 e. The van der Waals surface area contributed by atoms with Gasteiger partial charge >= 0.3 is 0 Å². The van der Waals surface area contributed by atoms with Crippen LogP contribution in [-0.2, 0) is 0 Å². The number of hydrogen-bond acceptors (Lipinski definition) is 5. The van der Waals surface area contributed by atoms with Crippen LogP contribution in [0, 0.1) is 6.92 Å². The van der Waals surface area contributed by atoms with Crippen LogP contribution in [-0.4, -0.2) is 49.2 Å². The molecule has 0 spiro atoms. The van der Waals surface area contributed by atoms with Gasteiger partial charge in [0.25, 0.3) is 0 Å². The van der Waals surface area contributed by atoms with Gasteiger partial charge in [-0.2, -0.15) is 4.98 Å². The minimum atomic E-state index is 0.592. The van der Waals surface area contributed by atoms with Crippen molar-refractivity contribution in [2.45, 2.75) is 6.92 Å². The molecular formula is C10H18N4O. The van der Waals surface area contributed by atoms with Gasteiger partial charge in [0, 0.05) is 24.8 Å². The van der Waals surface area contributed by atoms with Crippen molar-refractivity contribution >= 4 is 5.95 Å². The van der Waals surface area contributed by atoms with Crippen molar-refractivity contribution < 1.29 is 4.74 Å². The smallest absolute Gasteiger partial charge is 0.226 e. The van der Waals surface area contributed by atoms with Crippen LogP contribution in [0.1, 0.15) is 5.69 Å². The highest BCUT2D eigenvalue weighted by atomic mass is 16.5. The number of nitrogens with zero attached hydrogens (tertiary/aromatic N) is 3. The van der Waals surface area contributed by atoms with Crippen LogP contribution in [0.15, 0.2) is 6.07 Å². The van der Waals surface area contributed by atoms with Crippen LogP contribution in [0.3, 0.4) is 0 Å². The monoisotopic (exact) mass is 210 g/mol. The molecule has 1 aromatic heterocycles. The molecule has 0 saturated carbocycles. The van der Waals surface area contributed by atoms with Gasteiger partial charge in [-0.1, -0.05) is 0 Å². The molecule has 0 amide bonds. The molecule has 1 aromatic rings. The van der Waals surface area contributed by atoms with Crippen LogP contribution in [0.4, 0.5) is 5.95 Å². The fraction of sp³-hybridized carbons (Fsp3) is 0.600. The Balaban J connectivity index is 2.56. The summed E-state index contributed by atoms with van der Waals surface area (Å²) in [6.45, 7) is 3.68. The fourth-order valence-electron chi connectivity index (χ4n) is 1.11. The summed E-state index contributed by atoms with van der Waals surface area (Å²) in [6, 6.07) is 1.80. The van der Waals surface area contributed by atoms with Crippen LogP contribution in [0.25, 0.3) is 0 Å². The summed E-state index contributed by atoms with van der Waals surface area (Å²) >= 11 is 0. The fourth-order valence-corrected chi connectivity index (χ4v) is 1.11. The quantitative estimate of drug-likeness (QED) is 0.778. The molecule has 0 saturated heterocycles. The third-order valence-electron chi connectivity index (χ3n) is 1.88. The molecule has 84 valence electrons. The van der Waals surface area contributed by atoms with Crippen LogP contribution >= 0.6 is 0 Å². The van der Waals surface area contributed by atoms with Gasteiger partial charge in [-0.15, -0.1) is 0 Å². The predicted molar refractivity (Wildman–Crippen MR) is 60.4 cm³/mol. The van der Waals surface area contributed by atoms with E-state index in [0.29, 0.717) is 11.8 Å². The Labute approximate surface area is 90.5 Å². The maximum absolute atomic E-state index is 5.06. The average molecular weight is 210 g/mol. The van der Waals surface area contributed by atoms with E-state index >= 15 is 0 Å². The Hall–Kier alpha value is -1.36. The van der Waals surface area contributed by atoms with Crippen molar-refractivity contribution in [2.75, 3.05) is 39.6 Å². The van der Waals surface area contributed by atoms with Gasteiger partial charge in [-0.3, -0.25) is 0 Å². The van der Waals surface area contributed by atoms with Gasteiger partial charge in [0.05, 0.1) is 7.11 Å². The van der Waals surface area contributed by atoms with E-state index in [-0.39, 0.29) is 0 Å². The molecule has 0 aromatic carbocycles. The average Bonchev–Trinajstić information content (AvgIpc) is 2.16. The Kier molecular flexibility index (Phi) is 4.30. The molecule has 5 nitrogen and oxygen atoms in total. The number of aryl methyl sites for hydroxylation is 1. The summed E-state index contributed by atoms with van der Waals surface area (Å²) in [7, 11) is 5.66. The van der Waals surface area contributed by atoms with Gasteiger partial charge in [0.2, 0.25) is 11.8 Å². The number of rotatable bonds is 5. The van der Waals surface area contributed by atoms with Crippen molar-refractivity contribution in [2.24, 2.45) is 0 Å². The third kappa shape index (κ3) is 4.12. The van der Waals surface area contributed by atoms with E-state index in [1.165, 1.54) is 0 Å². The maximum Gasteiger partial charge on any atom is 0.226 e. The molecule has 15 heavy (non-hydrogen) atoms. The zero-order valence-electron chi connectivity index (χ0n) is 9.74. The molecule has 0 atom stereocenters. The Morgan fingerprint density at radius 2 is 2.13 bits per heavy atom. The van der Waals surface area contributed by atoms with Gasteiger partial charge in [-0.25, -0.2) is 4.98 Å². The highest BCUT2D eigenvalue weighted by Crippen LogP contribution is 2.10. The molecule has 1 N–H and O–H groups in total. The second-order valence-corrected chi connectivity index (χ2v) is 3.61. The lowest BCUT2D eigenvalue weighted by Gasteiger charge is -2.11. The number of likely N-dealkylation sites (N-methyl/N-ethyl adjacent to an activating group) is 1. The summed E-state index contributed by atoms with van der Waals surface area (Å²) in [5.41, 5.74) is 0.897. The van der Waals surface area contributed by atoms with E-state index in [1.54, 1.807) is 13.2 Å². The number of anilines is 1. The van der Waals surface area contributed by atoms with E-state index in [4.69, 9.17) is 4.74 Å². The molecule has 0 unspecified atom stereocenters. The topological polar surface area (TPSA) is 50.3 Å². The van der Waals surface area contributed by atoms with Crippen molar-refractivity contribution in [1.29, 1.82) is 0 Å². The summed E-state index contributed by atoms with van der Waals surface area (Å²) in [4.78, 5) is 10.5. The Morgan fingerprint density at radius 1 is 1.40 bits per heavy atom. The first kappa shape index (κ1) is 11.7. The van der Waals surface area contributed by atoms with Gasteiger partial charge in [0.15, 0.2) is 0 Å². The molecular weight excluding hydrogens is 192 g/mol. The number of hydrogen-bond donors (Lipinski definition) is 1. The standard InChI is InChI=1S/C10H18N4O/c1-8-7-9(15-4)13-10(12-8)11-5-6-14(2)3/h7H,5-6H2,1-4H3,(H,11,12,13). The van der Waals surface area contributed by atoms with Crippen molar-refractivity contribution in [3.8, 4) is 5.88 Å². The van der Waals surface area contributed by atoms with Crippen molar-refractivity contribution in [3.05, 3.63) is 11.8 Å². The normalized spacial score (nSPS) is 10.5. The van der Waals surface area contributed by atoms with Crippen molar-refractivity contribution in [1.82, 2.24) is 14.9 Å². The minimum Gasteiger partial charge on any atom is -0.481 e. The molecule has 0 bridgehead atoms. The van der Waals surface area contributed by atoms with Crippen LogP contribution in [0.5, 0.6) is 5.88 Å². The lowest BCUT2D eigenvalue weighted by molar-refractivity contribution is 0.396. The first-order valence-corrected chi connectivity index (χ1v) is 4.90. The van der Waals surface area contributed by atoms with E-state index in [0.717, 1.165) is 18.8 Å². The summed E-state index contributed by atoms with van der Waals surface area (Å²) in [5.74, 6) is 1.21. The van der Waals surface area contributed by atoms with E-state index < -0.39 is 0 Å². The Morgan fingerprint density at radius 3 is 2.73 bits per heavy atom. The Bertz CT molecular complexity index is 314. The molecule has 1 rings (SSSR count). The molecule has 0 aliphatic rings. The highest BCUT2D eigenvalue weighted by Gasteiger charge is 2.01. The van der Waals surface area contributed by atoms with Gasteiger partial charge in [0.1, 0.15) is 0 Å². The zero-order valence-corrected chi connectivity index (χ0v) is 9.74. The highest BCUT2D eigenvalue weighted by molar-refractivity contribution is 5.30. The first-order valence-electron chi connectivity index (χ1n) is 4.90. The number of methoxy groups -OCH3 is 1. The summed E-state index contributed by atoms with van der Waals surface area (Å²) in [5, 5.41) is 3.15. The van der Waals surface area contributed by atoms with Crippen LogP contribution in [0.2, 0.25) is 0 Å². The van der Waals surface area contributed by atoms with Crippen LogP contribution < -0.4 is 10.1 Å². The lowest BCUT2D eigenvalue weighted by atomic mass is 10.4. The maximum atomic E-state index is 5.06. The second-order valence-electron chi connectivity index (χ2n) is 3.61. The summed E-state index contributed by atoms with van der Waals surface area (Å²) < 4.78 is 5.06. The second kappa shape index (κ2) is 5.50. The van der Waals surface area contributed by atoms with E-state index in [2.05, 4.69) is 20.2 Å². The third-order valence-corrected chi connectivity index (χ3v) is 1.88. The van der Waals surface area contributed by atoms with Gasteiger partial charge in [-0.05, 0) is 21.0 Å². The van der Waals surface area contributed by atoms with Gasteiger partial charge < -0.3 is 15.0 Å². The lowest BCUT2D eigenvalue weighted by Crippen LogP contribution is -2.21. The van der Waals surface area contributed by atoms with E-state index in [1.807, 2.05) is 21.0 Å². The summed E-state index contributed by atoms with van der Waals surface area (Å²) in [6.07, 6.45) is 0. The zero-order chi connectivity index (χ0) is 11.3.